The zero-order valence-corrected chi connectivity index (χ0v) is 11.9. The molecule has 1 atom stereocenters. The van der Waals surface area contributed by atoms with Crippen LogP contribution >= 0.6 is 11.3 Å². The van der Waals surface area contributed by atoms with Crippen molar-refractivity contribution in [3.63, 3.8) is 0 Å². The van der Waals surface area contributed by atoms with Crippen LogP contribution in [0.25, 0.3) is 0 Å². The molecule has 0 radical (unpaired) electrons. The maximum absolute atomic E-state index is 11.9. The summed E-state index contributed by atoms with van der Waals surface area (Å²) >= 11 is 1.66. The van der Waals surface area contributed by atoms with E-state index in [0.717, 1.165) is 6.42 Å². The molecule has 0 aliphatic heterocycles. The highest BCUT2D eigenvalue weighted by atomic mass is 32.1. The maximum atomic E-state index is 11.9. The molecule has 1 heterocycles. The Morgan fingerprint density at radius 1 is 1.47 bits per heavy atom. The molecule has 0 bridgehead atoms. The molecule has 4 heteroatoms. The average Bonchev–Trinajstić information content (AvgIpc) is 2.76. The van der Waals surface area contributed by atoms with Gasteiger partial charge in [0, 0.05) is 18.0 Å². The van der Waals surface area contributed by atoms with Crippen LogP contribution in [0.4, 0.5) is 4.79 Å². The molecule has 3 nitrogen and oxygen atoms in total. The topological polar surface area (TPSA) is 32.3 Å². The summed E-state index contributed by atoms with van der Waals surface area (Å²) in [7, 11) is 1.86. The van der Waals surface area contributed by atoms with E-state index in [0.29, 0.717) is 12.5 Å². The van der Waals surface area contributed by atoms with Gasteiger partial charge in [-0.05, 0) is 30.7 Å². The largest absolute Gasteiger partial charge is 0.333 e. The average molecular weight is 254 g/mol. The van der Waals surface area contributed by atoms with Crippen molar-refractivity contribution >= 4 is 17.4 Å². The van der Waals surface area contributed by atoms with E-state index in [1.54, 1.807) is 16.2 Å². The Hall–Kier alpha value is -1.03. The minimum Gasteiger partial charge on any atom is -0.333 e. The first kappa shape index (κ1) is 14.0. The Bertz CT molecular complexity index is 335. The second kappa shape index (κ2) is 6.64. The highest BCUT2D eigenvalue weighted by Crippen LogP contribution is 2.11. The molecule has 1 rings (SSSR count). The van der Waals surface area contributed by atoms with Crippen molar-refractivity contribution in [1.29, 1.82) is 0 Å². The zero-order chi connectivity index (χ0) is 12.8. The number of thiophene rings is 1. The number of nitrogens with zero attached hydrogens (tertiary/aromatic N) is 1. The van der Waals surface area contributed by atoms with E-state index in [2.05, 4.69) is 26.1 Å². The Morgan fingerprint density at radius 3 is 2.71 bits per heavy atom. The number of hydrogen-bond donors (Lipinski definition) is 1. The highest BCUT2D eigenvalue weighted by Gasteiger charge is 2.16. The molecule has 1 aromatic heterocycles. The third-order valence-electron chi connectivity index (χ3n) is 2.79. The van der Waals surface area contributed by atoms with E-state index in [9.17, 15) is 4.79 Å². The normalized spacial score (nSPS) is 12.5. The predicted octanol–water partition coefficient (Wildman–Crippen LogP) is 3.32. The van der Waals surface area contributed by atoms with Crippen LogP contribution in [0.15, 0.2) is 17.5 Å². The highest BCUT2D eigenvalue weighted by molar-refractivity contribution is 7.09. The standard InChI is InChI=1S/C13H22N2OS/c1-10(2)8-11(3)15(4)13(16)14-9-12-6-5-7-17-12/h5-7,10-11H,8-9H2,1-4H3,(H,14,16). The quantitative estimate of drug-likeness (QED) is 0.859. The predicted molar refractivity (Wildman–Crippen MR) is 73.2 cm³/mol. The lowest BCUT2D eigenvalue weighted by Gasteiger charge is -2.26. The lowest BCUT2D eigenvalue weighted by Crippen LogP contribution is -2.42. The maximum Gasteiger partial charge on any atom is 0.317 e. The van der Waals surface area contributed by atoms with Gasteiger partial charge in [0.1, 0.15) is 0 Å². The molecule has 0 aliphatic rings. The van der Waals surface area contributed by atoms with Gasteiger partial charge in [0.25, 0.3) is 0 Å². The van der Waals surface area contributed by atoms with Gasteiger partial charge >= 0.3 is 6.03 Å². The van der Waals surface area contributed by atoms with Crippen molar-refractivity contribution in [1.82, 2.24) is 10.2 Å². The molecule has 0 aromatic carbocycles. The van der Waals surface area contributed by atoms with Crippen LogP contribution in [0.3, 0.4) is 0 Å². The Kier molecular flexibility index (Phi) is 5.48. The number of carbonyl (C=O) groups excluding carboxylic acids is 1. The summed E-state index contributed by atoms with van der Waals surface area (Å²) in [5.41, 5.74) is 0. The van der Waals surface area contributed by atoms with Crippen LogP contribution in [0.1, 0.15) is 32.1 Å². The minimum atomic E-state index is 0.00606. The van der Waals surface area contributed by atoms with E-state index in [1.807, 2.05) is 24.6 Å². The van der Waals surface area contributed by atoms with Crippen molar-refractivity contribution in [2.24, 2.45) is 5.92 Å². The number of amides is 2. The molecule has 0 saturated heterocycles. The molecule has 0 saturated carbocycles. The van der Waals surface area contributed by atoms with Gasteiger partial charge in [-0.25, -0.2) is 4.79 Å². The third kappa shape index (κ3) is 4.77. The fourth-order valence-electron chi connectivity index (χ4n) is 1.74. The molecule has 2 amide bonds. The summed E-state index contributed by atoms with van der Waals surface area (Å²) in [5.74, 6) is 0.609. The van der Waals surface area contributed by atoms with Crippen LogP contribution in [0.5, 0.6) is 0 Å². The summed E-state index contributed by atoms with van der Waals surface area (Å²) in [6.45, 7) is 7.06. The fraction of sp³-hybridized carbons (Fsp3) is 0.615. The van der Waals surface area contributed by atoms with Gasteiger partial charge < -0.3 is 10.2 Å². The van der Waals surface area contributed by atoms with Gasteiger partial charge in [-0.3, -0.25) is 0 Å². The molecule has 1 aromatic rings. The number of hydrogen-bond acceptors (Lipinski definition) is 2. The number of nitrogens with one attached hydrogen (secondary N) is 1. The Balaban J connectivity index is 2.36. The monoisotopic (exact) mass is 254 g/mol. The van der Waals surface area contributed by atoms with E-state index < -0.39 is 0 Å². The Morgan fingerprint density at radius 2 is 2.18 bits per heavy atom. The number of urea groups is 1. The Labute approximate surface area is 108 Å². The van der Waals surface area contributed by atoms with Gasteiger partial charge in [0.05, 0.1) is 6.54 Å². The van der Waals surface area contributed by atoms with E-state index in [4.69, 9.17) is 0 Å². The second-order valence-corrected chi connectivity index (χ2v) is 5.86. The summed E-state index contributed by atoms with van der Waals surface area (Å²) in [5, 5.41) is 4.96. The SMILES string of the molecule is CC(C)CC(C)N(C)C(=O)NCc1cccs1. The second-order valence-electron chi connectivity index (χ2n) is 4.83. The minimum absolute atomic E-state index is 0.00606. The molecule has 0 spiro atoms. The van der Waals surface area contributed by atoms with Crippen LogP contribution in [0.2, 0.25) is 0 Å². The molecule has 0 fully saturated rings. The van der Waals surface area contributed by atoms with Gasteiger partial charge in [0.15, 0.2) is 0 Å². The lowest BCUT2D eigenvalue weighted by molar-refractivity contribution is 0.186. The van der Waals surface area contributed by atoms with E-state index in [-0.39, 0.29) is 12.1 Å². The number of carbonyl (C=O) groups is 1. The van der Waals surface area contributed by atoms with Crippen LogP contribution in [-0.4, -0.2) is 24.0 Å². The summed E-state index contributed by atoms with van der Waals surface area (Å²) in [4.78, 5) is 14.8. The van der Waals surface area contributed by atoms with Gasteiger partial charge in [-0.15, -0.1) is 11.3 Å². The van der Waals surface area contributed by atoms with Crippen molar-refractivity contribution in [3.05, 3.63) is 22.4 Å². The van der Waals surface area contributed by atoms with Gasteiger partial charge in [-0.2, -0.15) is 0 Å². The van der Waals surface area contributed by atoms with Crippen LogP contribution in [0, 0.1) is 5.92 Å². The van der Waals surface area contributed by atoms with Gasteiger partial charge in [-0.1, -0.05) is 19.9 Å². The fourth-order valence-corrected chi connectivity index (χ4v) is 2.39. The first-order chi connectivity index (χ1) is 8.00. The van der Waals surface area contributed by atoms with Crippen molar-refractivity contribution in [2.45, 2.75) is 39.8 Å². The molecule has 17 heavy (non-hydrogen) atoms. The smallest absolute Gasteiger partial charge is 0.317 e. The lowest BCUT2D eigenvalue weighted by atomic mass is 10.0. The first-order valence-corrected chi connectivity index (χ1v) is 6.91. The van der Waals surface area contributed by atoms with Crippen LogP contribution < -0.4 is 5.32 Å². The van der Waals surface area contributed by atoms with Gasteiger partial charge in [0.2, 0.25) is 0 Å². The summed E-state index contributed by atoms with van der Waals surface area (Å²) in [6, 6.07) is 4.31. The molecular formula is C13H22N2OS. The molecule has 1 N–H and O–H groups in total. The van der Waals surface area contributed by atoms with E-state index in [1.165, 1.54) is 4.88 Å². The van der Waals surface area contributed by atoms with Crippen molar-refractivity contribution < 1.29 is 4.79 Å². The third-order valence-corrected chi connectivity index (χ3v) is 3.66. The van der Waals surface area contributed by atoms with Crippen LogP contribution in [-0.2, 0) is 6.54 Å². The van der Waals surface area contributed by atoms with E-state index >= 15 is 0 Å². The molecule has 96 valence electrons. The molecule has 1 unspecified atom stereocenters. The molecule has 0 aliphatic carbocycles. The first-order valence-electron chi connectivity index (χ1n) is 6.03. The van der Waals surface area contributed by atoms with Crippen molar-refractivity contribution in [2.75, 3.05) is 7.05 Å². The van der Waals surface area contributed by atoms with Crippen molar-refractivity contribution in [3.8, 4) is 0 Å². The summed E-state index contributed by atoms with van der Waals surface area (Å²) < 4.78 is 0. The molecular weight excluding hydrogens is 232 g/mol. The summed E-state index contributed by atoms with van der Waals surface area (Å²) in [6.07, 6.45) is 1.03. The number of rotatable bonds is 5. The zero-order valence-electron chi connectivity index (χ0n) is 11.1.